The summed E-state index contributed by atoms with van der Waals surface area (Å²) in [4.78, 5) is 12.2. The number of nitrogen functional groups attached to an aromatic ring is 1. The zero-order chi connectivity index (χ0) is 14.5. The second-order valence-corrected chi connectivity index (χ2v) is 4.83. The van der Waals surface area contributed by atoms with E-state index in [1.807, 2.05) is 32.0 Å². The summed E-state index contributed by atoms with van der Waals surface area (Å²) in [6, 6.07) is 9.12. The molecular formula is C15H19N3O2. The van der Waals surface area contributed by atoms with Gasteiger partial charge >= 0.3 is 0 Å². The molecule has 1 aromatic carbocycles. The smallest absolute Gasteiger partial charge is 0.251 e. The van der Waals surface area contributed by atoms with Crippen LogP contribution in [0.3, 0.4) is 0 Å². The third-order valence-electron chi connectivity index (χ3n) is 3.10. The van der Waals surface area contributed by atoms with Crippen LogP contribution in [0.1, 0.15) is 28.6 Å². The lowest BCUT2D eigenvalue weighted by Crippen LogP contribution is -2.34. The van der Waals surface area contributed by atoms with E-state index in [4.69, 9.17) is 10.3 Å². The van der Waals surface area contributed by atoms with Crippen LogP contribution in [0, 0.1) is 6.92 Å². The van der Waals surface area contributed by atoms with Gasteiger partial charge in [-0.2, -0.15) is 0 Å². The van der Waals surface area contributed by atoms with Gasteiger partial charge in [-0.05, 0) is 49.7 Å². The lowest BCUT2D eigenvalue weighted by molar-refractivity contribution is 0.0938. The van der Waals surface area contributed by atoms with E-state index >= 15 is 0 Å². The molecule has 0 aliphatic carbocycles. The molecule has 5 nitrogen and oxygen atoms in total. The maximum atomic E-state index is 12.2. The molecule has 106 valence electrons. The summed E-state index contributed by atoms with van der Waals surface area (Å²) in [6.07, 6.45) is 2.30. The molecule has 0 saturated heterocycles. The van der Waals surface area contributed by atoms with Crippen LogP contribution in [-0.2, 0) is 6.42 Å². The molecule has 0 fully saturated rings. The van der Waals surface area contributed by atoms with Crippen LogP contribution in [0.2, 0.25) is 0 Å². The topological polar surface area (TPSA) is 80.3 Å². The minimum absolute atomic E-state index is 0.000333. The first-order valence-corrected chi connectivity index (χ1v) is 6.50. The number of nitrogens with two attached hydrogens (primary N) is 1. The quantitative estimate of drug-likeness (QED) is 0.576. The number of hydrogen-bond acceptors (Lipinski definition) is 4. The second kappa shape index (κ2) is 6.25. The fourth-order valence-electron chi connectivity index (χ4n) is 2.09. The van der Waals surface area contributed by atoms with Crippen LogP contribution in [-0.4, -0.2) is 11.9 Å². The van der Waals surface area contributed by atoms with Crippen LogP contribution in [0.4, 0.5) is 5.69 Å². The number of anilines is 1. The molecule has 0 saturated carbocycles. The number of benzene rings is 1. The van der Waals surface area contributed by atoms with Crippen LogP contribution in [0.15, 0.2) is 41.0 Å². The van der Waals surface area contributed by atoms with Crippen molar-refractivity contribution in [3.8, 4) is 0 Å². The normalized spacial score (nSPS) is 11.9. The molecule has 4 N–H and O–H groups in total. The fourth-order valence-corrected chi connectivity index (χ4v) is 2.09. The van der Waals surface area contributed by atoms with Gasteiger partial charge in [0, 0.05) is 23.7 Å². The predicted molar refractivity (Wildman–Crippen MR) is 78.3 cm³/mol. The van der Waals surface area contributed by atoms with E-state index in [2.05, 4.69) is 10.7 Å². The highest BCUT2D eigenvalue weighted by atomic mass is 16.3. The van der Waals surface area contributed by atoms with Crippen LogP contribution in [0.25, 0.3) is 0 Å². The van der Waals surface area contributed by atoms with Gasteiger partial charge in [-0.25, -0.2) is 0 Å². The van der Waals surface area contributed by atoms with Gasteiger partial charge in [0.15, 0.2) is 0 Å². The first kappa shape index (κ1) is 14.1. The molecule has 1 unspecified atom stereocenters. The Kier molecular flexibility index (Phi) is 4.42. The Balaban J connectivity index is 2.00. The Morgan fingerprint density at radius 2 is 2.20 bits per heavy atom. The number of aryl methyl sites for hydroxylation is 1. The number of carbonyl (C=O) groups is 1. The highest BCUT2D eigenvalue weighted by molar-refractivity contribution is 5.96. The van der Waals surface area contributed by atoms with Crippen LogP contribution >= 0.6 is 0 Å². The van der Waals surface area contributed by atoms with Gasteiger partial charge in [0.25, 0.3) is 5.91 Å². The third kappa shape index (κ3) is 3.39. The zero-order valence-electron chi connectivity index (χ0n) is 11.6. The van der Waals surface area contributed by atoms with Gasteiger partial charge in [-0.15, -0.1) is 0 Å². The number of hydrazine groups is 1. The molecule has 1 atom stereocenters. The van der Waals surface area contributed by atoms with Gasteiger partial charge in [0.1, 0.15) is 5.76 Å². The summed E-state index contributed by atoms with van der Waals surface area (Å²) in [5, 5.41) is 2.96. The standard InChI is InChI=1S/C15H19N3O2/c1-10-8-12(18-16)5-6-14(10)15(19)17-11(2)9-13-4-3-7-20-13/h3-8,11,18H,9,16H2,1-2H3,(H,17,19). The second-order valence-electron chi connectivity index (χ2n) is 4.83. The maximum absolute atomic E-state index is 12.2. The average Bonchev–Trinajstić information content (AvgIpc) is 2.90. The molecule has 0 spiro atoms. The molecular weight excluding hydrogens is 254 g/mol. The molecule has 1 aromatic heterocycles. The Bertz CT molecular complexity index is 579. The highest BCUT2D eigenvalue weighted by Crippen LogP contribution is 2.14. The minimum Gasteiger partial charge on any atom is -0.469 e. The Labute approximate surface area is 118 Å². The zero-order valence-corrected chi connectivity index (χ0v) is 11.6. The largest absolute Gasteiger partial charge is 0.469 e. The van der Waals surface area contributed by atoms with Crippen molar-refractivity contribution >= 4 is 11.6 Å². The molecule has 0 aliphatic heterocycles. The van der Waals surface area contributed by atoms with Crippen molar-refractivity contribution in [1.82, 2.24) is 5.32 Å². The molecule has 2 rings (SSSR count). The van der Waals surface area contributed by atoms with E-state index in [1.54, 1.807) is 18.4 Å². The fraction of sp³-hybridized carbons (Fsp3) is 0.267. The lowest BCUT2D eigenvalue weighted by Gasteiger charge is -2.14. The van der Waals surface area contributed by atoms with Crippen LogP contribution in [0.5, 0.6) is 0 Å². The summed E-state index contributed by atoms with van der Waals surface area (Å²) >= 11 is 0. The molecule has 1 amide bonds. The minimum atomic E-state index is -0.0925. The number of furan rings is 1. The first-order valence-electron chi connectivity index (χ1n) is 6.50. The summed E-state index contributed by atoms with van der Waals surface area (Å²) in [6.45, 7) is 3.83. The molecule has 0 bridgehead atoms. The summed E-state index contributed by atoms with van der Waals surface area (Å²) in [5.41, 5.74) is 4.87. The van der Waals surface area contributed by atoms with Crippen molar-refractivity contribution in [3.05, 3.63) is 53.5 Å². The Morgan fingerprint density at radius 3 is 2.80 bits per heavy atom. The predicted octanol–water partition coefficient (Wildman–Crippen LogP) is 2.23. The van der Waals surface area contributed by atoms with Gasteiger partial charge in [-0.3, -0.25) is 10.6 Å². The van der Waals surface area contributed by atoms with Gasteiger partial charge in [-0.1, -0.05) is 0 Å². The highest BCUT2D eigenvalue weighted by Gasteiger charge is 2.13. The maximum Gasteiger partial charge on any atom is 0.251 e. The van der Waals surface area contributed by atoms with Crippen molar-refractivity contribution in [3.63, 3.8) is 0 Å². The SMILES string of the molecule is Cc1cc(NN)ccc1C(=O)NC(C)Cc1ccco1. The van der Waals surface area contributed by atoms with Crippen molar-refractivity contribution in [2.75, 3.05) is 5.43 Å². The number of hydrogen-bond donors (Lipinski definition) is 3. The van der Waals surface area contributed by atoms with E-state index < -0.39 is 0 Å². The summed E-state index contributed by atoms with van der Waals surface area (Å²) in [7, 11) is 0. The lowest BCUT2D eigenvalue weighted by atomic mass is 10.1. The molecule has 5 heteroatoms. The van der Waals surface area contributed by atoms with E-state index in [-0.39, 0.29) is 11.9 Å². The number of amides is 1. The molecule has 0 aliphatic rings. The summed E-state index contributed by atoms with van der Waals surface area (Å²) < 4.78 is 5.27. The monoisotopic (exact) mass is 273 g/mol. The van der Waals surface area contributed by atoms with Gasteiger partial charge in [0.2, 0.25) is 0 Å². The van der Waals surface area contributed by atoms with Crippen molar-refractivity contribution in [1.29, 1.82) is 0 Å². The van der Waals surface area contributed by atoms with E-state index in [9.17, 15) is 4.79 Å². The first-order chi connectivity index (χ1) is 9.60. The van der Waals surface area contributed by atoms with Crippen molar-refractivity contribution < 1.29 is 9.21 Å². The Morgan fingerprint density at radius 1 is 1.40 bits per heavy atom. The van der Waals surface area contributed by atoms with Gasteiger partial charge in [0.05, 0.1) is 6.26 Å². The van der Waals surface area contributed by atoms with E-state index in [0.717, 1.165) is 17.0 Å². The summed E-state index contributed by atoms with van der Waals surface area (Å²) in [5.74, 6) is 6.11. The van der Waals surface area contributed by atoms with E-state index in [0.29, 0.717) is 12.0 Å². The number of carbonyl (C=O) groups excluding carboxylic acids is 1. The number of rotatable bonds is 5. The molecule has 20 heavy (non-hydrogen) atoms. The Hall–Kier alpha value is -2.27. The number of nitrogens with one attached hydrogen (secondary N) is 2. The van der Waals surface area contributed by atoms with Crippen molar-refractivity contribution in [2.45, 2.75) is 26.3 Å². The molecule has 2 aromatic rings. The van der Waals surface area contributed by atoms with Crippen LogP contribution < -0.4 is 16.6 Å². The third-order valence-corrected chi connectivity index (χ3v) is 3.10. The van der Waals surface area contributed by atoms with Gasteiger partial charge < -0.3 is 15.2 Å². The van der Waals surface area contributed by atoms with Crippen molar-refractivity contribution in [2.24, 2.45) is 5.84 Å². The van der Waals surface area contributed by atoms with E-state index in [1.165, 1.54) is 0 Å². The average molecular weight is 273 g/mol. The molecule has 0 radical (unpaired) electrons. The molecule has 1 heterocycles.